The highest BCUT2D eigenvalue weighted by Crippen LogP contribution is 2.51. The molecule has 2 fully saturated rings. The molecule has 4 aliphatic rings. The molecule has 2 saturated carbocycles. The number of amides is 2. The maximum absolute atomic E-state index is 13.2. The number of alkyl carbamates (subject to hydrolysis) is 1. The van der Waals surface area contributed by atoms with Crippen LogP contribution in [0.2, 0.25) is 0 Å². The molecule has 0 bridgehead atoms. The number of aliphatic hydroxyl groups excluding tert-OH is 2. The summed E-state index contributed by atoms with van der Waals surface area (Å²) in [6, 6.07) is 11.6. The minimum atomic E-state index is -1.05. The first-order chi connectivity index (χ1) is 43.1. The zero-order valence-corrected chi connectivity index (χ0v) is 57.0. The van der Waals surface area contributed by atoms with Crippen LogP contribution >= 0.6 is 25.3 Å². The second kappa shape index (κ2) is 39.9. The molecule has 19 heteroatoms. The number of thiol groups is 2. The lowest BCUT2D eigenvalue weighted by Crippen LogP contribution is -2.50. The van der Waals surface area contributed by atoms with Crippen molar-refractivity contribution >= 4 is 60.9 Å². The zero-order valence-electron chi connectivity index (χ0n) is 55.3. The first-order valence-electron chi connectivity index (χ1n) is 34.3. The van der Waals surface area contributed by atoms with Crippen LogP contribution in [0.25, 0.3) is 0 Å². The van der Waals surface area contributed by atoms with Gasteiger partial charge in [0, 0.05) is 25.3 Å². The van der Waals surface area contributed by atoms with E-state index in [-0.39, 0.29) is 72.7 Å². The van der Waals surface area contributed by atoms with Gasteiger partial charge >= 0.3 is 24.0 Å². The molecule has 0 heterocycles. The number of carbonyl (C=O) groups is 6. The van der Waals surface area contributed by atoms with Crippen molar-refractivity contribution in [3.63, 3.8) is 0 Å². The second-order valence-electron chi connectivity index (χ2n) is 27.3. The number of esters is 1. The molecule has 17 nitrogen and oxygen atoms in total. The number of Topliss-reactive ketones (excluding diaryl/α,β-unsaturated/α-hetero) is 1. The molecule has 0 aliphatic heterocycles. The van der Waals surface area contributed by atoms with Crippen LogP contribution in [0.15, 0.2) is 36.4 Å². The van der Waals surface area contributed by atoms with Gasteiger partial charge < -0.3 is 55.3 Å². The third-order valence-electron chi connectivity index (χ3n) is 19.3. The fourth-order valence-electron chi connectivity index (χ4n) is 14.3. The Morgan fingerprint density at radius 2 is 1.20 bits per heavy atom. The summed E-state index contributed by atoms with van der Waals surface area (Å²) in [6.45, 7) is 12.7. The Morgan fingerprint density at radius 3 is 1.79 bits per heavy atom. The van der Waals surface area contributed by atoms with Gasteiger partial charge in [0.1, 0.15) is 23.7 Å². The van der Waals surface area contributed by atoms with Crippen molar-refractivity contribution in [1.82, 2.24) is 16.0 Å². The molecule has 10 atom stereocenters. The largest absolute Gasteiger partial charge is 0.482 e. The Bertz CT molecular complexity index is 2530. The number of carbonyl (C=O) groups excluding carboxylic acids is 4. The Balaban J connectivity index is 0.000000329. The molecule has 2 aromatic carbocycles. The Morgan fingerprint density at radius 1 is 0.633 bits per heavy atom. The molecule has 0 radical (unpaired) electrons. The number of aliphatic hydroxyl groups is 2. The van der Waals surface area contributed by atoms with Crippen LogP contribution in [0, 0.1) is 40.9 Å². The van der Waals surface area contributed by atoms with Crippen LogP contribution in [0.3, 0.4) is 0 Å². The SMILES string of the molecule is CCCCC[C@@H](CC[C@@H]1[C@H]2Cc3cccc(OCC(=O)O)c3C[C@H]2C[C@H]1O)OC(=O)CC(C)(C)C(=O)NCCCCCCCCCS.CCCCC[C@H](O)CC[C@@H]1[C@H]2Cc3cccc(OCC(=O)O)c3C[C@H]2C[C@H]1OC(=O)NC(C)(C)C(=O)CCCNCCS. The van der Waals surface area contributed by atoms with Crippen LogP contribution in [0.1, 0.15) is 218 Å². The van der Waals surface area contributed by atoms with Gasteiger partial charge in [-0.1, -0.05) is 116 Å². The number of hydrogen-bond donors (Lipinski definition) is 9. The Hall–Kier alpha value is -4.56. The molecule has 0 spiro atoms. The monoisotopic (exact) mass is 1300 g/mol. The molecule has 7 N–H and O–H groups in total. The van der Waals surface area contributed by atoms with Crippen molar-refractivity contribution in [3.05, 3.63) is 58.7 Å². The quantitative estimate of drug-likeness (QED) is 0.0170. The summed E-state index contributed by atoms with van der Waals surface area (Å²) in [7, 11) is 0. The molecule has 90 heavy (non-hydrogen) atoms. The molecule has 508 valence electrons. The lowest BCUT2D eigenvalue weighted by Gasteiger charge is -2.33. The number of nitrogens with one attached hydrogen (secondary N) is 3. The normalized spacial score (nSPS) is 21.4. The van der Waals surface area contributed by atoms with Crippen LogP contribution in [-0.4, -0.2) is 130 Å². The van der Waals surface area contributed by atoms with E-state index in [4.69, 9.17) is 29.2 Å². The van der Waals surface area contributed by atoms with E-state index in [1.54, 1.807) is 13.8 Å². The summed E-state index contributed by atoms with van der Waals surface area (Å²) in [5, 5.41) is 49.1. The van der Waals surface area contributed by atoms with Crippen LogP contribution < -0.4 is 25.4 Å². The van der Waals surface area contributed by atoms with Crippen molar-refractivity contribution in [2.75, 3.05) is 44.4 Å². The number of carboxylic acid groups (broad SMARTS) is 2. The number of ketones is 1. The highest BCUT2D eigenvalue weighted by molar-refractivity contribution is 7.80. The maximum atomic E-state index is 13.2. The first kappa shape index (κ1) is 76.2. The standard InChI is InChI=1S/C38H61NO7S.C33H52N2O7S/c1-4-5-11-16-29(46-36(43)25-38(2,3)37(44)39-20-12-9-7-6-8-10-13-21-47)18-19-30-31-22-27-15-14-17-34(45-26-35(41)42)32(27)23-28(31)24-33(30)40;1-4-5-6-10-24(36)13-14-25-26-18-22-9-7-11-28(41-21-31(38)39)27(22)19-23(26)20-29(25)42-32(40)35-33(2,3)30(37)12-8-15-34-16-17-43/h14-15,17,28-31,33,40,47H,4-13,16,18-26H2,1-3H3,(H,39,44)(H,41,42);7,9,11,23-26,29,34,36,43H,4-6,8,10,12-21H2,1-3H3,(H,35,40)(H,38,39)/t28-,29-,30+,31-,33+;23-,24-,25+,26-,29+/m00/s1. The maximum Gasteiger partial charge on any atom is 0.408 e. The van der Waals surface area contributed by atoms with E-state index < -0.39 is 41.7 Å². The summed E-state index contributed by atoms with van der Waals surface area (Å²) >= 11 is 8.43. The topological polar surface area (TPSA) is 256 Å². The lowest BCUT2D eigenvalue weighted by atomic mass is 9.73. The van der Waals surface area contributed by atoms with E-state index in [1.807, 2.05) is 38.1 Å². The molecule has 0 unspecified atom stereocenters. The highest BCUT2D eigenvalue weighted by atomic mass is 32.1. The fourth-order valence-corrected chi connectivity index (χ4v) is 14.7. The zero-order chi connectivity index (χ0) is 65.6. The molecule has 6 rings (SSSR count). The van der Waals surface area contributed by atoms with Gasteiger partial charge in [-0.15, -0.1) is 0 Å². The number of ether oxygens (including phenoxy) is 4. The molecular weight excluding hydrogens is 1180 g/mol. The number of carboxylic acids is 2. The van der Waals surface area contributed by atoms with Gasteiger partial charge in [-0.05, 0) is 199 Å². The van der Waals surface area contributed by atoms with Gasteiger partial charge in [0.15, 0.2) is 19.0 Å². The molecule has 4 aliphatic carbocycles. The van der Waals surface area contributed by atoms with Crippen molar-refractivity contribution in [2.45, 2.75) is 251 Å². The molecule has 2 amide bonds. The predicted molar refractivity (Wildman–Crippen MR) is 359 cm³/mol. The summed E-state index contributed by atoms with van der Waals surface area (Å²) in [5.74, 6) is 1.72. The number of rotatable bonds is 42. The average molecular weight is 1300 g/mol. The number of benzene rings is 2. The Labute approximate surface area is 549 Å². The van der Waals surface area contributed by atoms with Gasteiger partial charge in [0.25, 0.3) is 0 Å². The molecule has 0 saturated heterocycles. The van der Waals surface area contributed by atoms with Gasteiger partial charge in [-0.25, -0.2) is 14.4 Å². The third-order valence-corrected chi connectivity index (χ3v) is 19.9. The van der Waals surface area contributed by atoms with Gasteiger partial charge in [0.05, 0.1) is 29.6 Å². The summed E-state index contributed by atoms with van der Waals surface area (Å²) in [5.41, 5.74) is 2.50. The van der Waals surface area contributed by atoms with E-state index in [1.165, 1.54) is 37.7 Å². The highest BCUT2D eigenvalue weighted by Gasteiger charge is 2.49. The molecular formula is C71H113N3O14S2. The predicted octanol–water partition coefficient (Wildman–Crippen LogP) is 12.3. The summed E-state index contributed by atoms with van der Waals surface area (Å²) in [4.78, 5) is 74.4. The lowest BCUT2D eigenvalue weighted by molar-refractivity contribution is -0.155. The van der Waals surface area contributed by atoms with E-state index in [0.29, 0.717) is 68.4 Å². The van der Waals surface area contributed by atoms with Crippen LogP contribution in [0.4, 0.5) is 4.79 Å². The fraction of sp³-hybridized carbons (Fsp3) is 0.746. The smallest absolute Gasteiger partial charge is 0.408 e. The van der Waals surface area contributed by atoms with Gasteiger partial charge in [-0.3, -0.25) is 14.4 Å². The van der Waals surface area contributed by atoms with Crippen molar-refractivity contribution in [1.29, 1.82) is 0 Å². The van der Waals surface area contributed by atoms with Crippen molar-refractivity contribution in [2.24, 2.45) is 40.9 Å². The minimum absolute atomic E-state index is 0.0358. The Kier molecular flexibility index (Phi) is 33.7. The van der Waals surface area contributed by atoms with Crippen LogP contribution in [0.5, 0.6) is 11.5 Å². The molecule has 0 aromatic heterocycles. The van der Waals surface area contributed by atoms with Crippen LogP contribution in [-0.2, 0) is 59.1 Å². The molecule has 2 aromatic rings. The number of hydrogen-bond acceptors (Lipinski definition) is 15. The summed E-state index contributed by atoms with van der Waals surface area (Å²) < 4.78 is 23.4. The van der Waals surface area contributed by atoms with E-state index in [9.17, 15) is 39.0 Å². The van der Waals surface area contributed by atoms with Gasteiger partial charge in [0.2, 0.25) is 5.91 Å². The third kappa shape index (κ3) is 25.4. The minimum Gasteiger partial charge on any atom is -0.482 e. The average Bonchev–Trinajstić information content (AvgIpc) is 1.60. The van der Waals surface area contributed by atoms with Crippen molar-refractivity contribution < 1.29 is 68.1 Å². The number of aliphatic carboxylic acids is 2. The first-order valence-corrected chi connectivity index (χ1v) is 35.6. The van der Waals surface area contributed by atoms with Crippen molar-refractivity contribution in [3.8, 4) is 11.5 Å². The second-order valence-corrected chi connectivity index (χ2v) is 28.2. The number of unbranched alkanes of at least 4 members (excludes halogenated alkanes) is 10. The summed E-state index contributed by atoms with van der Waals surface area (Å²) in [6.07, 6.45) is 22.4. The van der Waals surface area contributed by atoms with E-state index in [2.05, 4.69) is 67.2 Å². The van der Waals surface area contributed by atoms with E-state index in [0.717, 1.165) is 144 Å². The number of fused-ring (bicyclic) bond motifs is 4. The van der Waals surface area contributed by atoms with Gasteiger partial charge in [-0.2, -0.15) is 25.3 Å². The van der Waals surface area contributed by atoms with E-state index >= 15 is 0 Å².